The minimum absolute atomic E-state index is 0.693. The number of thioether (sulfide) groups is 1. The molecule has 60 valence electrons. The van der Waals surface area contributed by atoms with E-state index < -0.39 is 0 Å². The first-order valence-corrected chi connectivity index (χ1v) is 4.81. The normalized spacial score (nSPS) is 9.40. The van der Waals surface area contributed by atoms with Crippen LogP contribution in [-0.4, -0.2) is 23.2 Å². The van der Waals surface area contributed by atoms with Crippen LogP contribution in [0.3, 0.4) is 0 Å². The second kappa shape index (κ2) is 7.31. The monoisotopic (exact) mass is 178 g/mol. The Balaban J connectivity index is 3.09. The summed E-state index contributed by atoms with van der Waals surface area (Å²) in [5.41, 5.74) is 5.30. The minimum Gasteiger partial charge on any atom is -0.371 e. The van der Waals surface area contributed by atoms with Gasteiger partial charge in [0.25, 0.3) is 0 Å². The zero-order valence-electron chi connectivity index (χ0n) is 6.22. The van der Waals surface area contributed by atoms with Gasteiger partial charge in [-0.15, -0.1) is 0 Å². The van der Waals surface area contributed by atoms with E-state index in [9.17, 15) is 0 Å². The van der Waals surface area contributed by atoms with E-state index in [0.717, 1.165) is 23.0 Å². The van der Waals surface area contributed by atoms with E-state index in [-0.39, 0.29) is 0 Å². The lowest BCUT2D eigenvalue weighted by Gasteiger charge is -2.03. The third-order valence-corrected chi connectivity index (χ3v) is 2.21. The number of nitrogens with two attached hydrogens (primary N) is 1. The van der Waals surface area contributed by atoms with E-state index in [1.54, 1.807) is 11.8 Å². The molecule has 0 aromatic rings. The molecule has 0 spiro atoms. The average Bonchev–Trinajstić information content (AvgIpc) is 1.97. The Bertz CT molecular complexity index is 85.7. The number of rotatable bonds is 4. The van der Waals surface area contributed by atoms with E-state index >= 15 is 0 Å². The van der Waals surface area contributed by atoms with E-state index in [1.807, 2.05) is 0 Å². The predicted octanol–water partition coefficient (Wildman–Crippen LogP) is 0.963. The largest absolute Gasteiger partial charge is 0.371 e. The molecule has 0 aromatic heterocycles. The summed E-state index contributed by atoms with van der Waals surface area (Å²) in [6.07, 6.45) is 1.11. The molecule has 0 saturated heterocycles. The first-order valence-electron chi connectivity index (χ1n) is 3.42. The number of thiocarbonyl (C=S) groups is 1. The van der Waals surface area contributed by atoms with Crippen molar-refractivity contribution < 1.29 is 0 Å². The van der Waals surface area contributed by atoms with Crippen LogP contribution in [-0.2, 0) is 0 Å². The Labute approximate surface area is 71.9 Å². The van der Waals surface area contributed by atoms with Gasteiger partial charge in [-0.3, -0.25) is 0 Å². The minimum atomic E-state index is 0.693. The van der Waals surface area contributed by atoms with Gasteiger partial charge in [0.05, 0.1) is 0 Å². The van der Waals surface area contributed by atoms with Gasteiger partial charge in [0.2, 0.25) is 0 Å². The maximum atomic E-state index is 5.30. The van der Waals surface area contributed by atoms with E-state index in [4.69, 9.17) is 18.0 Å². The third kappa shape index (κ3) is 6.32. The van der Waals surface area contributed by atoms with E-state index in [0.29, 0.717) is 6.54 Å². The van der Waals surface area contributed by atoms with Crippen LogP contribution in [0.5, 0.6) is 0 Å². The lowest BCUT2D eigenvalue weighted by molar-refractivity contribution is 0.854. The second-order valence-electron chi connectivity index (χ2n) is 1.85. The Kier molecular flexibility index (Phi) is 7.45. The predicted molar refractivity (Wildman–Crippen MR) is 52.4 cm³/mol. The Hall–Kier alpha value is 0.200. The van der Waals surface area contributed by atoms with Crippen LogP contribution in [0.15, 0.2) is 0 Å². The Morgan fingerprint density at radius 1 is 1.70 bits per heavy atom. The summed E-state index contributed by atoms with van der Waals surface area (Å²) in [4.78, 5) is 0. The van der Waals surface area contributed by atoms with Crippen molar-refractivity contribution in [2.24, 2.45) is 5.73 Å². The van der Waals surface area contributed by atoms with Gasteiger partial charge >= 0.3 is 0 Å². The van der Waals surface area contributed by atoms with Crippen molar-refractivity contribution in [2.45, 2.75) is 13.3 Å². The van der Waals surface area contributed by atoms with E-state index in [1.165, 1.54) is 0 Å². The van der Waals surface area contributed by atoms with Gasteiger partial charge in [-0.1, -0.05) is 30.9 Å². The summed E-state index contributed by atoms with van der Waals surface area (Å²) < 4.78 is 0.868. The smallest absolute Gasteiger partial charge is 0.133 e. The molecular weight excluding hydrogens is 164 g/mol. The lowest BCUT2D eigenvalue weighted by atomic mass is 10.5. The quantitative estimate of drug-likeness (QED) is 0.629. The molecular formula is C6H14N2S2. The van der Waals surface area contributed by atoms with Gasteiger partial charge in [0.15, 0.2) is 0 Å². The summed E-state index contributed by atoms with van der Waals surface area (Å²) >= 11 is 6.59. The Morgan fingerprint density at radius 3 is 2.90 bits per heavy atom. The van der Waals surface area contributed by atoms with Gasteiger partial charge in [-0.05, 0) is 6.42 Å². The fraction of sp³-hybridized carbons (Fsp3) is 0.833. The molecule has 0 aliphatic carbocycles. The van der Waals surface area contributed by atoms with Crippen molar-refractivity contribution in [1.82, 2.24) is 5.32 Å². The van der Waals surface area contributed by atoms with Crippen molar-refractivity contribution >= 4 is 28.3 Å². The van der Waals surface area contributed by atoms with Crippen molar-refractivity contribution in [1.29, 1.82) is 0 Å². The fourth-order valence-corrected chi connectivity index (χ4v) is 1.29. The molecule has 4 heteroatoms. The summed E-state index contributed by atoms with van der Waals surface area (Å²) in [5.74, 6) is 0.912. The van der Waals surface area contributed by atoms with Gasteiger partial charge in [0.1, 0.15) is 4.32 Å². The first kappa shape index (κ1) is 10.2. The van der Waals surface area contributed by atoms with Gasteiger partial charge in [0, 0.05) is 18.8 Å². The van der Waals surface area contributed by atoms with Gasteiger partial charge < -0.3 is 11.1 Å². The molecule has 0 heterocycles. The third-order valence-electron chi connectivity index (χ3n) is 0.870. The first-order chi connectivity index (χ1) is 4.81. The molecule has 0 atom stereocenters. The summed E-state index contributed by atoms with van der Waals surface area (Å²) in [6, 6.07) is 0. The lowest BCUT2D eigenvalue weighted by Crippen LogP contribution is -2.20. The number of hydrogen-bond acceptors (Lipinski definition) is 3. The fourth-order valence-electron chi connectivity index (χ4n) is 0.430. The number of hydrogen-bond donors (Lipinski definition) is 2. The van der Waals surface area contributed by atoms with Crippen LogP contribution in [0.1, 0.15) is 13.3 Å². The van der Waals surface area contributed by atoms with Crippen LogP contribution in [0, 0.1) is 0 Å². The van der Waals surface area contributed by atoms with E-state index in [2.05, 4.69) is 12.2 Å². The zero-order valence-corrected chi connectivity index (χ0v) is 7.86. The highest BCUT2D eigenvalue weighted by Gasteiger charge is 1.92. The molecule has 0 radical (unpaired) electrons. The molecule has 0 saturated carbocycles. The highest BCUT2D eigenvalue weighted by molar-refractivity contribution is 8.22. The van der Waals surface area contributed by atoms with Crippen molar-refractivity contribution in [3.63, 3.8) is 0 Å². The van der Waals surface area contributed by atoms with Crippen molar-refractivity contribution in [3.05, 3.63) is 0 Å². The molecule has 10 heavy (non-hydrogen) atoms. The van der Waals surface area contributed by atoms with Crippen LogP contribution in [0.25, 0.3) is 0 Å². The summed E-state index contributed by atoms with van der Waals surface area (Å²) in [7, 11) is 0. The van der Waals surface area contributed by atoms with Crippen LogP contribution >= 0.6 is 24.0 Å². The second-order valence-corrected chi connectivity index (χ2v) is 3.62. The summed E-state index contributed by atoms with van der Waals surface area (Å²) in [6.45, 7) is 3.78. The Morgan fingerprint density at radius 2 is 2.40 bits per heavy atom. The van der Waals surface area contributed by atoms with Gasteiger partial charge in [-0.25, -0.2) is 0 Å². The van der Waals surface area contributed by atoms with Gasteiger partial charge in [-0.2, -0.15) is 0 Å². The maximum absolute atomic E-state index is 5.30. The standard InChI is InChI=1S/C6H14N2S2/c1-2-4-8-6(9)10-5-3-7/h2-5,7H2,1H3,(H,8,9). The van der Waals surface area contributed by atoms with Crippen LogP contribution in [0.2, 0.25) is 0 Å². The topological polar surface area (TPSA) is 38.0 Å². The van der Waals surface area contributed by atoms with Crippen LogP contribution < -0.4 is 11.1 Å². The van der Waals surface area contributed by atoms with Crippen LogP contribution in [0.4, 0.5) is 0 Å². The molecule has 3 N–H and O–H groups in total. The molecule has 0 rings (SSSR count). The highest BCUT2D eigenvalue weighted by atomic mass is 32.2. The molecule has 0 unspecified atom stereocenters. The number of nitrogens with one attached hydrogen (secondary N) is 1. The maximum Gasteiger partial charge on any atom is 0.133 e. The molecule has 0 amide bonds. The molecule has 0 aliphatic rings. The van der Waals surface area contributed by atoms with Crippen molar-refractivity contribution in [3.8, 4) is 0 Å². The molecule has 0 fully saturated rings. The summed E-state index contributed by atoms with van der Waals surface area (Å²) in [5, 5.41) is 3.11. The molecule has 2 nitrogen and oxygen atoms in total. The average molecular weight is 178 g/mol. The zero-order chi connectivity index (χ0) is 7.82. The SMILES string of the molecule is CCCNC(=S)SCCN. The molecule has 0 aliphatic heterocycles. The van der Waals surface area contributed by atoms with Crippen molar-refractivity contribution in [2.75, 3.05) is 18.8 Å². The highest BCUT2D eigenvalue weighted by Crippen LogP contribution is 1.99. The molecule has 0 aromatic carbocycles. The molecule has 0 bridgehead atoms.